The smallest absolute Gasteiger partial charge is 0.129 e. The first kappa shape index (κ1) is 17.0. The number of aromatic nitrogens is 1. The largest absolute Gasteiger partial charge is 0.357 e. The quantitative estimate of drug-likeness (QED) is 0.696. The Labute approximate surface area is 124 Å². The number of anilines is 1. The zero-order valence-corrected chi connectivity index (χ0v) is 13.9. The lowest BCUT2D eigenvalue weighted by atomic mass is 10.1. The van der Waals surface area contributed by atoms with Gasteiger partial charge in [-0.15, -0.1) is 0 Å². The fourth-order valence-corrected chi connectivity index (χ4v) is 2.53. The molecule has 1 rings (SSSR count). The molecule has 0 radical (unpaired) electrons. The third kappa shape index (κ3) is 4.78. The Kier molecular flexibility index (Phi) is 7.60. The molecule has 1 heterocycles. The second-order valence-corrected chi connectivity index (χ2v) is 5.44. The number of hydrogen-bond donors (Lipinski definition) is 1. The summed E-state index contributed by atoms with van der Waals surface area (Å²) in [4.78, 5) is 7.13. The van der Waals surface area contributed by atoms with Crippen molar-refractivity contribution in [2.75, 3.05) is 18.5 Å². The minimum absolute atomic E-state index is 0.575. The van der Waals surface area contributed by atoms with Crippen molar-refractivity contribution in [2.45, 2.75) is 66.0 Å². The summed E-state index contributed by atoms with van der Waals surface area (Å²) >= 11 is 0. The lowest BCUT2D eigenvalue weighted by molar-refractivity contribution is 0.585. The van der Waals surface area contributed by atoms with Crippen molar-refractivity contribution in [2.24, 2.45) is 0 Å². The summed E-state index contributed by atoms with van der Waals surface area (Å²) in [5.41, 5.74) is 2.53. The first-order chi connectivity index (χ1) is 9.65. The van der Waals surface area contributed by atoms with Gasteiger partial charge in [-0.3, -0.25) is 0 Å². The topological polar surface area (TPSA) is 28.2 Å². The van der Waals surface area contributed by atoms with Crippen LogP contribution >= 0.6 is 0 Å². The van der Waals surface area contributed by atoms with Crippen molar-refractivity contribution in [1.29, 1.82) is 0 Å². The maximum Gasteiger partial charge on any atom is 0.129 e. The van der Waals surface area contributed by atoms with Crippen LogP contribution in [0.3, 0.4) is 0 Å². The van der Waals surface area contributed by atoms with Crippen LogP contribution in [-0.4, -0.2) is 24.6 Å². The van der Waals surface area contributed by atoms with E-state index in [1.165, 1.54) is 17.7 Å². The second kappa shape index (κ2) is 8.96. The third-order valence-electron chi connectivity index (χ3n) is 3.89. The van der Waals surface area contributed by atoms with E-state index in [0.717, 1.165) is 38.2 Å². The molecule has 0 amide bonds. The molecule has 0 bridgehead atoms. The van der Waals surface area contributed by atoms with Gasteiger partial charge in [0.15, 0.2) is 0 Å². The van der Waals surface area contributed by atoms with E-state index in [-0.39, 0.29) is 0 Å². The van der Waals surface area contributed by atoms with Gasteiger partial charge in [0.1, 0.15) is 5.82 Å². The molecule has 0 spiro atoms. The van der Waals surface area contributed by atoms with Gasteiger partial charge in [0.2, 0.25) is 0 Å². The van der Waals surface area contributed by atoms with E-state index in [0.29, 0.717) is 6.04 Å². The molecule has 20 heavy (non-hydrogen) atoms. The number of nitrogens with one attached hydrogen (secondary N) is 1. The van der Waals surface area contributed by atoms with Crippen molar-refractivity contribution < 1.29 is 0 Å². The van der Waals surface area contributed by atoms with Gasteiger partial charge in [0, 0.05) is 25.3 Å². The minimum atomic E-state index is 0.575. The van der Waals surface area contributed by atoms with Crippen molar-refractivity contribution in [3.63, 3.8) is 0 Å². The molecule has 0 fully saturated rings. The average molecular weight is 277 g/mol. The second-order valence-electron chi connectivity index (χ2n) is 5.44. The highest BCUT2D eigenvalue weighted by Crippen LogP contribution is 2.19. The summed E-state index contributed by atoms with van der Waals surface area (Å²) in [5.74, 6) is 1.12. The molecular weight excluding hydrogens is 246 g/mol. The van der Waals surface area contributed by atoms with E-state index in [1.54, 1.807) is 0 Å². The van der Waals surface area contributed by atoms with Crippen LogP contribution in [0.4, 0.5) is 5.82 Å². The number of nitrogens with zero attached hydrogens (tertiary/aromatic N) is 2. The van der Waals surface area contributed by atoms with Crippen molar-refractivity contribution in [3.05, 3.63) is 23.4 Å². The highest BCUT2D eigenvalue weighted by Gasteiger charge is 2.13. The highest BCUT2D eigenvalue weighted by molar-refractivity contribution is 5.43. The van der Waals surface area contributed by atoms with Crippen LogP contribution < -0.4 is 10.2 Å². The van der Waals surface area contributed by atoms with E-state index in [4.69, 9.17) is 4.98 Å². The van der Waals surface area contributed by atoms with E-state index in [1.807, 2.05) is 0 Å². The van der Waals surface area contributed by atoms with Gasteiger partial charge in [-0.05, 0) is 49.9 Å². The van der Waals surface area contributed by atoms with Crippen LogP contribution in [0.25, 0.3) is 0 Å². The molecule has 0 unspecified atom stereocenters. The van der Waals surface area contributed by atoms with Gasteiger partial charge in [-0.1, -0.05) is 27.7 Å². The molecule has 1 aromatic heterocycles. The number of aryl methyl sites for hydroxylation is 1. The van der Waals surface area contributed by atoms with Crippen LogP contribution in [-0.2, 0) is 13.0 Å². The van der Waals surface area contributed by atoms with Crippen LogP contribution in [0.15, 0.2) is 12.1 Å². The van der Waals surface area contributed by atoms with Crippen LogP contribution in [0, 0.1) is 0 Å². The first-order valence-electron chi connectivity index (χ1n) is 8.09. The van der Waals surface area contributed by atoms with E-state index >= 15 is 0 Å². The monoisotopic (exact) mass is 277 g/mol. The van der Waals surface area contributed by atoms with Crippen LogP contribution in [0.5, 0.6) is 0 Å². The van der Waals surface area contributed by atoms with Gasteiger partial charge >= 0.3 is 0 Å². The third-order valence-corrected chi connectivity index (χ3v) is 3.89. The summed E-state index contributed by atoms with van der Waals surface area (Å²) in [6.07, 6.45) is 4.49. The predicted molar refractivity (Wildman–Crippen MR) is 88.4 cm³/mol. The fourth-order valence-electron chi connectivity index (χ4n) is 2.53. The Hall–Kier alpha value is -1.09. The summed E-state index contributed by atoms with van der Waals surface area (Å²) in [6.45, 7) is 10.9. The highest BCUT2D eigenvalue weighted by atomic mass is 15.2. The molecule has 1 aromatic rings. The van der Waals surface area contributed by atoms with Crippen molar-refractivity contribution in [1.82, 2.24) is 10.3 Å². The molecule has 114 valence electrons. The summed E-state index contributed by atoms with van der Waals surface area (Å²) in [6, 6.07) is 5.04. The SMILES string of the molecule is CCCNCc1cc(CC)nc(N(C)C(CC)CC)c1. The minimum Gasteiger partial charge on any atom is -0.357 e. The summed E-state index contributed by atoms with van der Waals surface area (Å²) in [5, 5.41) is 3.48. The van der Waals surface area contributed by atoms with Gasteiger partial charge in [0.25, 0.3) is 0 Å². The number of rotatable bonds is 9. The van der Waals surface area contributed by atoms with Crippen LogP contribution in [0.1, 0.15) is 58.2 Å². The molecule has 3 nitrogen and oxygen atoms in total. The first-order valence-corrected chi connectivity index (χ1v) is 8.09. The van der Waals surface area contributed by atoms with Gasteiger partial charge < -0.3 is 10.2 Å². The van der Waals surface area contributed by atoms with E-state index in [9.17, 15) is 0 Å². The predicted octanol–water partition coefficient (Wildman–Crippen LogP) is 3.77. The molecule has 0 atom stereocenters. The molecule has 0 aromatic carbocycles. The Morgan fingerprint density at radius 2 is 1.85 bits per heavy atom. The zero-order valence-electron chi connectivity index (χ0n) is 13.9. The standard InChI is InChI=1S/C17H31N3/c1-6-10-18-13-14-11-15(7-2)19-17(12-14)20(5)16(8-3)9-4/h11-12,16,18H,6-10,13H2,1-5H3. The maximum absolute atomic E-state index is 4.80. The maximum atomic E-state index is 4.80. The van der Waals surface area contributed by atoms with Gasteiger partial charge in [-0.2, -0.15) is 0 Å². The Bertz CT molecular complexity index is 386. The molecule has 0 aliphatic carbocycles. The summed E-state index contributed by atoms with van der Waals surface area (Å²) in [7, 11) is 2.17. The molecular formula is C17H31N3. The van der Waals surface area contributed by atoms with Gasteiger partial charge in [0.05, 0.1) is 0 Å². The fraction of sp³-hybridized carbons (Fsp3) is 0.706. The molecule has 0 saturated carbocycles. The average Bonchev–Trinajstić information content (AvgIpc) is 2.48. The van der Waals surface area contributed by atoms with Crippen molar-refractivity contribution in [3.8, 4) is 0 Å². The van der Waals surface area contributed by atoms with Crippen LogP contribution in [0.2, 0.25) is 0 Å². The Morgan fingerprint density at radius 1 is 1.15 bits per heavy atom. The normalized spacial score (nSPS) is 11.1. The lowest BCUT2D eigenvalue weighted by Crippen LogP contribution is -2.31. The van der Waals surface area contributed by atoms with E-state index < -0.39 is 0 Å². The molecule has 0 saturated heterocycles. The number of pyridine rings is 1. The van der Waals surface area contributed by atoms with Gasteiger partial charge in [-0.25, -0.2) is 4.98 Å². The lowest BCUT2D eigenvalue weighted by Gasteiger charge is -2.28. The van der Waals surface area contributed by atoms with Crippen molar-refractivity contribution >= 4 is 5.82 Å². The Balaban J connectivity index is 2.91. The van der Waals surface area contributed by atoms with E-state index in [2.05, 4.69) is 57.1 Å². The molecule has 0 aliphatic heterocycles. The molecule has 3 heteroatoms. The molecule has 0 aliphatic rings. The Morgan fingerprint density at radius 3 is 2.40 bits per heavy atom. The molecule has 1 N–H and O–H groups in total. The zero-order chi connectivity index (χ0) is 15.0. The number of hydrogen-bond acceptors (Lipinski definition) is 3. The summed E-state index contributed by atoms with van der Waals surface area (Å²) < 4.78 is 0.